The molecule has 1 atom stereocenters. The molecular formula is C7H13NO. The molecule has 9 heavy (non-hydrogen) atoms. The van der Waals surface area contributed by atoms with Gasteiger partial charge < -0.3 is 0 Å². The van der Waals surface area contributed by atoms with Gasteiger partial charge in [-0.2, -0.15) is 4.91 Å². The van der Waals surface area contributed by atoms with Crippen molar-refractivity contribution in [2.75, 3.05) is 0 Å². The van der Waals surface area contributed by atoms with Crippen molar-refractivity contribution in [3.05, 3.63) is 17.1 Å². The van der Waals surface area contributed by atoms with Gasteiger partial charge in [0.05, 0.1) is 6.04 Å². The van der Waals surface area contributed by atoms with Crippen LogP contribution in [-0.4, -0.2) is 6.04 Å². The van der Waals surface area contributed by atoms with Crippen LogP contribution in [0, 0.1) is 4.91 Å². The lowest BCUT2D eigenvalue weighted by atomic mass is 10.1. The Bertz CT molecular complexity index is 109. The van der Waals surface area contributed by atoms with Crippen molar-refractivity contribution in [1.82, 2.24) is 0 Å². The SMILES string of the molecule is C=C(C)CCC(C)N=O. The molecule has 0 heterocycles. The van der Waals surface area contributed by atoms with Crippen LogP contribution >= 0.6 is 0 Å². The van der Waals surface area contributed by atoms with Crippen LogP contribution in [0.2, 0.25) is 0 Å². The summed E-state index contributed by atoms with van der Waals surface area (Å²) in [4.78, 5) is 9.84. The van der Waals surface area contributed by atoms with Gasteiger partial charge in [0.1, 0.15) is 0 Å². The highest BCUT2D eigenvalue weighted by Crippen LogP contribution is 2.05. The molecule has 0 aliphatic heterocycles. The second-order valence-electron chi connectivity index (χ2n) is 2.45. The van der Waals surface area contributed by atoms with E-state index in [-0.39, 0.29) is 6.04 Å². The number of nitroso groups, excluding NO2 is 1. The fourth-order valence-electron chi connectivity index (χ4n) is 0.508. The molecule has 0 amide bonds. The molecule has 0 aliphatic carbocycles. The molecule has 0 aromatic heterocycles. The van der Waals surface area contributed by atoms with Gasteiger partial charge in [-0.25, -0.2) is 0 Å². The Kier molecular flexibility index (Phi) is 3.93. The summed E-state index contributed by atoms with van der Waals surface area (Å²) in [6, 6.07) is -0.0540. The van der Waals surface area contributed by atoms with Crippen LogP contribution in [0.5, 0.6) is 0 Å². The predicted octanol–water partition coefficient (Wildman–Crippen LogP) is 2.50. The average Bonchev–Trinajstić information content (AvgIpc) is 1.83. The predicted molar refractivity (Wildman–Crippen MR) is 39.3 cm³/mol. The van der Waals surface area contributed by atoms with Crippen molar-refractivity contribution >= 4 is 0 Å². The van der Waals surface area contributed by atoms with E-state index in [1.165, 1.54) is 0 Å². The first-order chi connectivity index (χ1) is 4.16. The zero-order chi connectivity index (χ0) is 7.28. The summed E-state index contributed by atoms with van der Waals surface area (Å²) < 4.78 is 0. The normalized spacial score (nSPS) is 12.7. The number of hydrogen-bond acceptors (Lipinski definition) is 2. The van der Waals surface area contributed by atoms with E-state index < -0.39 is 0 Å². The lowest BCUT2D eigenvalue weighted by molar-refractivity contribution is 0.661. The van der Waals surface area contributed by atoms with Gasteiger partial charge in [-0.1, -0.05) is 10.7 Å². The smallest absolute Gasteiger partial charge is 0.0894 e. The van der Waals surface area contributed by atoms with Crippen molar-refractivity contribution in [3.63, 3.8) is 0 Å². The van der Waals surface area contributed by atoms with Gasteiger partial charge in [0.15, 0.2) is 0 Å². The van der Waals surface area contributed by atoms with Crippen LogP contribution in [0.1, 0.15) is 26.7 Å². The van der Waals surface area contributed by atoms with Gasteiger partial charge >= 0.3 is 0 Å². The summed E-state index contributed by atoms with van der Waals surface area (Å²) in [5, 5.41) is 2.87. The fraction of sp³-hybridized carbons (Fsp3) is 0.714. The molecule has 0 rings (SSSR count). The van der Waals surface area contributed by atoms with E-state index in [1.54, 1.807) is 0 Å². The molecule has 0 saturated heterocycles. The van der Waals surface area contributed by atoms with Crippen LogP contribution in [0.15, 0.2) is 17.3 Å². The molecular weight excluding hydrogens is 114 g/mol. The maximum atomic E-state index is 9.84. The Morgan fingerprint density at radius 1 is 1.78 bits per heavy atom. The first kappa shape index (κ1) is 8.34. The van der Waals surface area contributed by atoms with Crippen molar-refractivity contribution in [3.8, 4) is 0 Å². The lowest BCUT2D eigenvalue weighted by Gasteiger charge is -1.99. The number of nitrogens with zero attached hydrogens (tertiary/aromatic N) is 1. The maximum Gasteiger partial charge on any atom is 0.0894 e. The molecule has 2 heteroatoms. The van der Waals surface area contributed by atoms with E-state index in [4.69, 9.17) is 0 Å². The summed E-state index contributed by atoms with van der Waals surface area (Å²) in [7, 11) is 0. The van der Waals surface area contributed by atoms with Crippen molar-refractivity contribution in [2.24, 2.45) is 5.18 Å². The second kappa shape index (κ2) is 4.24. The second-order valence-corrected chi connectivity index (χ2v) is 2.45. The Balaban J connectivity index is 3.26. The summed E-state index contributed by atoms with van der Waals surface area (Å²) in [6.45, 7) is 7.49. The lowest BCUT2D eigenvalue weighted by Crippen LogP contribution is -1.95. The molecule has 0 spiro atoms. The molecule has 0 aliphatic rings. The van der Waals surface area contributed by atoms with Crippen LogP contribution in [0.4, 0.5) is 0 Å². The molecule has 0 aromatic rings. The standard InChI is InChI=1S/C7H13NO/c1-6(2)4-5-7(3)8-9/h7H,1,4-5H2,2-3H3. The van der Waals surface area contributed by atoms with Crippen molar-refractivity contribution in [2.45, 2.75) is 32.7 Å². The zero-order valence-electron chi connectivity index (χ0n) is 6.05. The molecule has 0 aromatic carbocycles. The quantitative estimate of drug-likeness (QED) is 0.421. The molecule has 0 saturated carbocycles. The van der Waals surface area contributed by atoms with Gasteiger partial charge in [0, 0.05) is 0 Å². The van der Waals surface area contributed by atoms with Crippen molar-refractivity contribution < 1.29 is 0 Å². The average molecular weight is 127 g/mol. The highest BCUT2D eigenvalue weighted by Gasteiger charge is 1.98. The summed E-state index contributed by atoms with van der Waals surface area (Å²) in [6.07, 6.45) is 1.74. The summed E-state index contributed by atoms with van der Waals surface area (Å²) in [5.74, 6) is 0. The molecule has 1 unspecified atom stereocenters. The number of allylic oxidation sites excluding steroid dienone is 1. The van der Waals surface area contributed by atoms with Crippen LogP contribution in [0.25, 0.3) is 0 Å². The van der Waals surface area contributed by atoms with Gasteiger partial charge in [-0.05, 0) is 26.7 Å². The van der Waals surface area contributed by atoms with Gasteiger partial charge in [-0.3, -0.25) is 0 Å². The molecule has 0 bridgehead atoms. The minimum absolute atomic E-state index is 0.0540. The minimum Gasteiger partial charge on any atom is -0.151 e. The van der Waals surface area contributed by atoms with Crippen molar-refractivity contribution in [1.29, 1.82) is 0 Å². The molecule has 2 nitrogen and oxygen atoms in total. The molecule has 0 N–H and O–H groups in total. The van der Waals surface area contributed by atoms with Crippen LogP contribution in [-0.2, 0) is 0 Å². The third kappa shape index (κ3) is 5.21. The van der Waals surface area contributed by atoms with E-state index in [9.17, 15) is 4.91 Å². The van der Waals surface area contributed by atoms with Gasteiger partial charge in [0.2, 0.25) is 0 Å². The van der Waals surface area contributed by atoms with Gasteiger partial charge in [0.25, 0.3) is 0 Å². The van der Waals surface area contributed by atoms with Crippen LogP contribution < -0.4 is 0 Å². The van der Waals surface area contributed by atoms with E-state index in [0.717, 1.165) is 18.4 Å². The Morgan fingerprint density at radius 3 is 2.67 bits per heavy atom. The Hall–Kier alpha value is -0.660. The van der Waals surface area contributed by atoms with Gasteiger partial charge in [-0.15, -0.1) is 6.58 Å². The van der Waals surface area contributed by atoms with Crippen LogP contribution in [0.3, 0.4) is 0 Å². The van der Waals surface area contributed by atoms with E-state index in [1.807, 2.05) is 13.8 Å². The third-order valence-corrected chi connectivity index (χ3v) is 1.17. The minimum atomic E-state index is -0.0540. The number of rotatable bonds is 4. The maximum absolute atomic E-state index is 9.84. The summed E-state index contributed by atoms with van der Waals surface area (Å²) >= 11 is 0. The van der Waals surface area contributed by atoms with E-state index in [2.05, 4.69) is 11.8 Å². The van der Waals surface area contributed by atoms with E-state index >= 15 is 0 Å². The topological polar surface area (TPSA) is 29.4 Å². The molecule has 0 fully saturated rings. The highest BCUT2D eigenvalue weighted by atomic mass is 16.3. The fourth-order valence-corrected chi connectivity index (χ4v) is 0.508. The summed E-state index contributed by atoms with van der Waals surface area (Å²) in [5.41, 5.74) is 1.12. The molecule has 52 valence electrons. The largest absolute Gasteiger partial charge is 0.151 e. The first-order valence-electron chi connectivity index (χ1n) is 3.13. The number of hydrogen-bond donors (Lipinski definition) is 0. The molecule has 0 radical (unpaired) electrons. The highest BCUT2D eigenvalue weighted by molar-refractivity contribution is 4.88. The Labute approximate surface area is 55.9 Å². The Morgan fingerprint density at radius 2 is 2.33 bits per heavy atom. The zero-order valence-corrected chi connectivity index (χ0v) is 6.05. The third-order valence-electron chi connectivity index (χ3n) is 1.17. The van der Waals surface area contributed by atoms with E-state index in [0.29, 0.717) is 0 Å². The first-order valence-corrected chi connectivity index (χ1v) is 3.13. The monoisotopic (exact) mass is 127 g/mol.